The van der Waals surface area contributed by atoms with Gasteiger partial charge in [0.05, 0.1) is 30.9 Å². The van der Waals surface area contributed by atoms with E-state index in [9.17, 15) is 9.59 Å². The highest BCUT2D eigenvalue weighted by Gasteiger charge is 2.17. The van der Waals surface area contributed by atoms with E-state index < -0.39 is 11.9 Å². The van der Waals surface area contributed by atoms with Gasteiger partial charge < -0.3 is 14.8 Å². The number of amides is 1. The molecule has 2 aromatic rings. The molecular formula is C17H16N2O4. The third kappa shape index (κ3) is 3.47. The van der Waals surface area contributed by atoms with Crippen molar-refractivity contribution in [3.8, 4) is 11.8 Å². The van der Waals surface area contributed by atoms with Crippen LogP contribution in [0.1, 0.15) is 27.7 Å². The molecule has 0 radical (unpaired) electrons. The number of esters is 1. The number of methoxy groups -OCH3 is 2. The van der Waals surface area contributed by atoms with E-state index in [2.05, 4.69) is 10.1 Å². The SMILES string of the molecule is COC(=O)c1ccccc1C(=O)Nc1ccc(OC)c(C#N)c1.[HH]. The second kappa shape index (κ2) is 7.09. The zero-order chi connectivity index (χ0) is 16.8. The second-order valence-corrected chi connectivity index (χ2v) is 4.52. The molecule has 1 amide bonds. The number of nitriles is 1. The smallest absolute Gasteiger partial charge is 0.338 e. The van der Waals surface area contributed by atoms with Gasteiger partial charge >= 0.3 is 5.97 Å². The molecule has 23 heavy (non-hydrogen) atoms. The zero-order valence-electron chi connectivity index (χ0n) is 12.6. The molecule has 0 aromatic heterocycles. The van der Waals surface area contributed by atoms with E-state index in [4.69, 9.17) is 10.00 Å². The van der Waals surface area contributed by atoms with Crippen LogP contribution in [-0.4, -0.2) is 26.1 Å². The van der Waals surface area contributed by atoms with Gasteiger partial charge in [0.15, 0.2) is 0 Å². The highest BCUT2D eigenvalue weighted by atomic mass is 16.5. The van der Waals surface area contributed by atoms with Crippen molar-refractivity contribution < 1.29 is 20.5 Å². The molecule has 0 fully saturated rings. The molecule has 0 aliphatic carbocycles. The Bertz CT molecular complexity index is 799. The van der Waals surface area contributed by atoms with E-state index in [1.807, 2.05) is 6.07 Å². The topological polar surface area (TPSA) is 88.4 Å². The van der Waals surface area contributed by atoms with Crippen molar-refractivity contribution in [2.45, 2.75) is 0 Å². The lowest BCUT2D eigenvalue weighted by Crippen LogP contribution is -2.17. The number of ether oxygens (including phenoxy) is 2. The first kappa shape index (κ1) is 16.0. The Morgan fingerprint density at radius 3 is 2.43 bits per heavy atom. The number of hydrogen-bond acceptors (Lipinski definition) is 5. The largest absolute Gasteiger partial charge is 0.495 e. The van der Waals surface area contributed by atoms with Crippen molar-refractivity contribution in [3.63, 3.8) is 0 Å². The predicted octanol–water partition coefficient (Wildman–Crippen LogP) is 2.85. The van der Waals surface area contributed by atoms with E-state index in [0.29, 0.717) is 17.0 Å². The minimum absolute atomic E-state index is 0. The molecule has 0 spiro atoms. The summed E-state index contributed by atoms with van der Waals surface area (Å²) in [4.78, 5) is 24.1. The van der Waals surface area contributed by atoms with Gasteiger partial charge in [0.25, 0.3) is 5.91 Å². The maximum atomic E-state index is 12.4. The molecule has 0 aliphatic heterocycles. The molecular weight excluding hydrogens is 296 g/mol. The number of nitrogens with one attached hydrogen (secondary N) is 1. The highest BCUT2D eigenvalue weighted by Crippen LogP contribution is 2.22. The molecule has 6 nitrogen and oxygen atoms in total. The molecule has 0 heterocycles. The summed E-state index contributed by atoms with van der Waals surface area (Å²) >= 11 is 0. The summed E-state index contributed by atoms with van der Waals surface area (Å²) in [5.74, 6) is -0.649. The van der Waals surface area contributed by atoms with Crippen LogP contribution < -0.4 is 10.1 Å². The third-order valence-electron chi connectivity index (χ3n) is 3.15. The molecule has 2 rings (SSSR count). The van der Waals surface area contributed by atoms with Crippen molar-refractivity contribution in [2.75, 3.05) is 19.5 Å². The molecule has 6 heteroatoms. The quantitative estimate of drug-likeness (QED) is 0.877. The van der Waals surface area contributed by atoms with E-state index in [1.54, 1.807) is 24.3 Å². The summed E-state index contributed by atoms with van der Waals surface area (Å²) in [6.45, 7) is 0. The van der Waals surface area contributed by atoms with Crippen molar-refractivity contribution >= 4 is 17.6 Å². The van der Waals surface area contributed by atoms with Gasteiger partial charge in [-0.3, -0.25) is 4.79 Å². The summed E-state index contributed by atoms with van der Waals surface area (Å²) in [5.41, 5.74) is 1.08. The fourth-order valence-electron chi connectivity index (χ4n) is 2.04. The van der Waals surface area contributed by atoms with Crippen LogP contribution in [-0.2, 0) is 4.74 Å². The van der Waals surface area contributed by atoms with Crippen LogP contribution in [0.4, 0.5) is 5.69 Å². The van der Waals surface area contributed by atoms with Gasteiger partial charge in [0.2, 0.25) is 0 Å². The Balaban J connectivity index is 0.00000288. The lowest BCUT2D eigenvalue weighted by Gasteiger charge is -2.10. The lowest BCUT2D eigenvalue weighted by molar-refractivity contribution is 0.0597. The number of anilines is 1. The normalized spacial score (nSPS) is 9.61. The predicted molar refractivity (Wildman–Crippen MR) is 85.6 cm³/mol. The van der Waals surface area contributed by atoms with Crippen LogP contribution in [0.5, 0.6) is 5.75 Å². The summed E-state index contributed by atoms with van der Waals surface area (Å²) in [6.07, 6.45) is 0. The van der Waals surface area contributed by atoms with Gasteiger partial charge in [-0.15, -0.1) is 0 Å². The van der Waals surface area contributed by atoms with Gasteiger partial charge in [0, 0.05) is 7.11 Å². The summed E-state index contributed by atoms with van der Waals surface area (Å²) in [7, 11) is 2.71. The van der Waals surface area contributed by atoms with E-state index in [0.717, 1.165) is 0 Å². The molecule has 0 unspecified atom stereocenters. The van der Waals surface area contributed by atoms with Crippen LogP contribution in [0, 0.1) is 11.3 Å². The van der Waals surface area contributed by atoms with E-state index in [1.165, 1.54) is 32.4 Å². The number of nitrogens with zero attached hydrogens (tertiary/aromatic N) is 1. The lowest BCUT2D eigenvalue weighted by atomic mass is 10.1. The first-order valence-electron chi connectivity index (χ1n) is 6.67. The van der Waals surface area contributed by atoms with Crippen molar-refractivity contribution in [2.24, 2.45) is 0 Å². The Morgan fingerprint density at radius 2 is 1.83 bits per heavy atom. The maximum absolute atomic E-state index is 12.4. The first-order chi connectivity index (χ1) is 11.1. The monoisotopic (exact) mass is 312 g/mol. The van der Waals surface area contributed by atoms with E-state index in [-0.39, 0.29) is 12.6 Å². The summed E-state index contributed by atoms with van der Waals surface area (Å²) in [6, 6.07) is 13.0. The number of rotatable bonds is 4. The Kier molecular flexibility index (Phi) is 4.95. The number of benzene rings is 2. The minimum atomic E-state index is -0.594. The van der Waals surface area contributed by atoms with Crippen LogP contribution in [0.15, 0.2) is 42.5 Å². The fraction of sp³-hybridized carbons (Fsp3) is 0.118. The zero-order valence-corrected chi connectivity index (χ0v) is 12.6. The molecule has 0 aliphatic rings. The van der Waals surface area contributed by atoms with Gasteiger partial charge in [-0.05, 0) is 30.3 Å². The molecule has 0 atom stereocenters. The number of hydrogen-bond donors (Lipinski definition) is 1. The molecule has 1 N–H and O–H groups in total. The first-order valence-corrected chi connectivity index (χ1v) is 6.67. The van der Waals surface area contributed by atoms with Crippen LogP contribution in [0.3, 0.4) is 0 Å². The molecule has 2 aromatic carbocycles. The average Bonchev–Trinajstić information content (AvgIpc) is 2.60. The van der Waals surface area contributed by atoms with Crippen molar-refractivity contribution in [1.29, 1.82) is 5.26 Å². The van der Waals surface area contributed by atoms with Gasteiger partial charge in [-0.1, -0.05) is 12.1 Å². The van der Waals surface area contributed by atoms with Crippen molar-refractivity contribution in [1.82, 2.24) is 0 Å². The summed E-state index contributed by atoms with van der Waals surface area (Å²) in [5, 5.41) is 11.7. The number of carbonyl (C=O) groups is 2. The standard InChI is InChI=1S/C17H14N2O4.H2/c1-22-15-8-7-12(9-11(15)10-18)19-16(20)13-5-3-4-6-14(13)17(21)23-2;/h3-9H,1-2H3,(H,19,20);1H. The van der Waals surface area contributed by atoms with Crippen LogP contribution in [0.2, 0.25) is 0 Å². The summed E-state index contributed by atoms with van der Waals surface area (Å²) < 4.78 is 9.72. The number of carbonyl (C=O) groups excluding carboxylic acids is 2. The molecule has 118 valence electrons. The Labute approximate surface area is 134 Å². The Hall–Kier alpha value is -3.33. The maximum Gasteiger partial charge on any atom is 0.338 e. The van der Waals surface area contributed by atoms with Gasteiger partial charge in [0.1, 0.15) is 11.8 Å². The second-order valence-electron chi connectivity index (χ2n) is 4.52. The van der Waals surface area contributed by atoms with Crippen LogP contribution in [0.25, 0.3) is 0 Å². The molecule has 0 saturated heterocycles. The third-order valence-corrected chi connectivity index (χ3v) is 3.15. The van der Waals surface area contributed by atoms with Gasteiger partial charge in [-0.25, -0.2) is 4.79 Å². The van der Waals surface area contributed by atoms with Gasteiger partial charge in [-0.2, -0.15) is 5.26 Å². The molecule has 0 saturated carbocycles. The Morgan fingerprint density at radius 1 is 1.13 bits per heavy atom. The molecule has 0 bridgehead atoms. The van der Waals surface area contributed by atoms with Crippen LogP contribution >= 0.6 is 0 Å². The fourth-order valence-corrected chi connectivity index (χ4v) is 2.04. The minimum Gasteiger partial charge on any atom is -0.495 e. The van der Waals surface area contributed by atoms with Crippen molar-refractivity contribution in [3.05, 3.63) is 59.2 Å². The highest BCUT2D eigenvalue weighted by molar-refractivity contribution is 6.11. The average molecular weight is 312 g/mol. The van der Waals surface area contributed by atoms with E-state index >= 15 is 0 Å².